The monoisotopic (exact) mass is 204 g/mol. The maximum absolute atomic E-state index is 12.5. The molecule has 1 aromatic rings. The van der Waals surface area contributed by atoms with E-state index >= 15 is 0 Å². The minimum atomic E-state index is -4.54. The van der Waals surface area contributed by atoms with Crippen LogP contribution in [0.5, 0.6) is 0 Å². The molecule has 0 unspecified atom stereocenters. The van der Waals surface area contributed by atoms with Crippen molar-refractivity contribution in [2.75, 3.05) is 0 Å². The number of hydrogen-bond acceptors (Lipinski definition) is 0. The van der Waals surface area contributed by atoms with Crippen LogP contribution in [0.1, 0.15) is 16.7 Å². The second-order valence-electron chi connectivity index (χ2n) is 2.72. The highest BCUT2D eigenvalue weighted by molar-refractivity contribution is 5.55. The zero-order valence-corrected chi connectivity index (χ0v) is 7.24. The maximum atomic E-state index is 12.5. The minimum absolute atomic E-state index is 0.0901. The Morgan fingerprint density at radius 1 is 1.29 bits per heavy atom. The zero-order chi connectivity index (χ0) is 10.8. The predicted molar refractivity (Wildman–Crippen MR) is 46.3 cm³/mol. The van der Waals surface area contributed by atoms with Crippen LogP contribution in [0.4, 0.5) is 17.6 Å². The first-order valence-corrected chi connectivity index (χ1v) is 3.88. The van der Waals surface area contributed by atoms with E-state index in [4.69, 9.17) is 0 Å². The van der Waals surface area contributed by atoms with E-state index in [2.05, 4.69) is 6.58 Å². The maximum Gasteiger partial charge on any atom is 0.417 e. The Morgan fingerprint density at radius 2 is 1.93 bits per heavy atom. The number of hydrogen-bond donors (Lipinski definition) is 0. The molecule has 0 atom stereocenters. The van der Waals surface area contributed by atoms with Gasteiger partial charge in [-0.05, 0) is 11.1 Å². The third-order valence-electron chi connectivity index (χ3n) is 1.83. The van der Waals surface area contributed by atoms with Gasteiger partial charge in [-0.15, -0.1) is 0 Å². The summed E-state index contributed by atoms with van der Waals surface area (Å²) in [4.78, 5) is 0. The third-order valence-corrected chi connectivity index (χ3v) is 1.83. The van der Waals surface area contributed by atoms with Gasteiger partial charge in [-0.2, -0.15) is 13.2 Å². The fourth-order valence-electron chi connectivity index (χ4n) is 1.25. The lowest BCUT2D eigenvalue weighted by atomic mass is 10.0. The first-order chi connectivity index (χ1) is 6.50. The normalized spacial score (nSPS) is 11.4. The van der Waals surface area contributed by atoms with E-state index in [0.717, 1.165) is 12.1 Å². The molecule has 0 nitrogen and oxygen atoms in total. The summed E-state index contributed by atoms with van der Waals surface area (Å²) in [6, 6.07) is 3.76. The second-order valence-corrected chi connectivity index (χ2v) is 2.72. The fourth-order valence-corrected chi connectivity index (χ4v) is 1.25. The molecule has 0 saturated carbocycles. The SMILES string of the molecule is C=Cc1cccc(CF)c1C(F)(F)F. The van der Waals surface area contributed by atoms with Crippen LogP contribution in [0.3, 0.4) is 0 Å². The molecule has 1 aromatic carbocycles. The average molecular weight is 204 g/mol. The van der Waals surface area contributed by atoms with Gasteiger partial charge in [0, 0.05) is 0 Å². The highest BCUT2D eigenvalue weighted by Gasteiger charge is 2.35. The van der Waals surface area contributed by atoms with Gasteiger partial charge in [-0.1, -0.05) is 30.9 Å². The van der Waals surface area contributed by atoms with Gasteiger partial charge in [0.25, 0.3) is 0 Å². The van der Waals surface area contributed by atoms with Gasteiger partial charge >= 0.3 is 6.18 Å². The first kappa shape index (κ1) is 10.8. The van der Waals surface area contributed by atoms with Crippen LogP contribution in [0.25, 0.3) is 6.08 Å². The predicted octanol–water partition coefficient (Wildman–Crippen LogP) is 3.82. The molecule has 1 rings (SSSR count). The molecule has 0 aromatic heterocycles. The lowest BCUT2D eigenvalue weighted by Gasteiger charge is -2.13. The Hall–Kier alpha value is -1.32. The topological polar surface area (TPSA) is 0 Å². The molecule has 4 heteroatoms. The lowest BCUT2D eigenvalue weighted by Crippen LogP contribution is -2.10. The number of halogens is 4. The summed E-state index contributed by atoms with van der Waals surface area (Å²) < 4.78 is 49.7. The summed E-state index contributed by atoms with van der Waals surface area (Å²) in [5, 5.41) is 0. The van der Waals surface area contributed by atoms with E-state index in [1.807, 2.05) is 0 Å². The van der Waals surface area contributed by atoms with Crippen molar-refractivity contribution < 1.29 is 17.6 Å². The van der Waals surface area contributed by atoms with Crippen molar-refractivity contribution in [3.63, 3.8) is 0 Å². The van der Waals surface area contributed by atoms with Gasteiger partial charge in [0.15, 0.2) is 0 Å². The molecular weight excluding hydrogens is 196 g/mol. The molecule has 0 aliphatic carbocycles. The molecule has 0 amide bonds. The van der Waals surface area contributed by atoms with Crippen molar-refractivity contribution in [2.24, 2.45) is 0 Å². The molecule has 14 heavy (non-hydrogen) atoms. The van der Waals surface area contributed by atoms with Crippen LogP contribution in [0, 0.1) is 0 Å². The van der Waals surface area contributed by atoms with Gasteiger partial charge in [0.05, 0.1) is 5.56 Å². The standard InChI is InChI=1S/C10H8F4/c1-2-7-4-3-5-8(6-11)9(7)10(12,13)14/h2-5H,1,6H2. The summed E-state index contributed by atoms with van der Waals surface area (Å²) in [5.41, 5.74) is -1.37. The molecule has 0 radical (unpaired) electrons. The third kappa shape index (κ3) is 1.95. The van der Waals surface area contributed by atoms with Crippen molar-refractivity contribution in [2.45, 2.75) is 12.9 Å². The zero-order valence-electron chi connectivity index (χ0n) is 7.24. The summed E-state index contributed by atoms with van der Waals surface area (Å²) in [7, 11) is 0. The van der Waals surface area contributed by atoms with Crippen molar-refractivity contribution >= 4 is 6.08 Å². The highest BCUT2D eigenvalue weighted by Crippen LogP contribution is 2.35. The van der Waals surface area contributed by atoms with Crippen LogP contribution in [-0.2, 0) is 12.9 Å². The molecule has 0 bridgehead atoms. The lowest BCUT2D eigenvalue weighted by molar-refractivity contribution is -0.138. The molecule has 0 heterocycles. The van der Waals surface area contributed by atoms with Gasteiger partial charge < -0.3 is 0 Å². The van der Waals surface area contributed by atoms with E-state index in [1.54, 1.807) is 0 Å². The summed E-state index contributed by atoms with van der Waals surface area (Å²) in [5.74, 6) is 0. The Morgan fingerprint density at radius 3 is 2.36 bits per heavy atom. The molecule has 0 N–H and O–H groups in total. The van der Waals surface area contributed by atoms with Crippen LogP contribution in [-0.4, -0.2) is 0 Å². The molecular formula is C10H8F4. The molecule has 0 aliphatic heterocycles. The van der Waals surface area contributed by atoms with Crippen LogP contribution in [0.2, 0.25) is 0 Å². The number of alkyl halides is 4. The van der Waals surface area contributed by atoms with Crippen LogP contribution < -0.4 is 0 Å². The van der Waals surface area contributed by atoms with Crippen molar-refractivity contribution in [1.29, 1.82) is 0 Å². The van der Waals surface area contributed by atoms with E-state index in [1.165, 1.54) is 12.1 Å². The number of benzene rings is 1. The quantitative estimate of drug-likeness (QED) is 0.642. The minimum Gasteiger partial charge on any atom is -0.246 e. The molecule has 76 valence electrons. The van der Waals surface area contributed by atoms with Crippen LogP contribution >= 0.6 is 0 Å². The summed E-state index contributed by atoms with van der Waals surface area (Å²) in [6.45, 7) is 2.13. The van der Waals surface area contributed by atoms with Crippen molar-refractivity contribution in [3.05, 3.63) is 41.5 Å². The van der Waals surface area contributed by atoms with Gasteiger partial charge in [-0.3, -0.25) is 0 Å². The van der Waals surface area contributed by atoms with E-state index < -0.39 is 18.4 Å². The van der Waals surface area contributed by atoms with E-state index in [9.17, 15) is 17.6 Å². The van der Waals surface area contributed by atoms with Crippen LogP contribution in [0.15, 0.2) is 24.8 Å². The molecule has 0 spiro atoms. The molecule has 0 fully saturated rings. The van der Waals surface area contributed by atoms with E-state index in [-0.39, 0.29) is 11.1 Å². The smallest absolute Gasteiger partial charge is 0.246 e. The summed E-state index contributed by atoms with van der Waals surface area (Å²) in [6.07, 6.45) is -3.46. The largest absolute Gasteiger partial charge is 0.417 e. The Balaban J connectivity index is 3.41. The molecule has 0 aliphatic rings. The van der Waals surface area contributed by atoms with Gasteiger partial charge in [-0.25, -0.2) is 4.39 Å². The number of rotatable bonds is 2. The van der Waals surface area contributed by atoms with E-state index in [0.29, 0.717) is 0 Å². The fraction of sp³-hybridized carbons (Fsp3) is 0.200. The summed E-state index contributed by atoms with van der Waals surface area (Å²) >= 11 is 0. The second kappa shape index (κ2) is 3.82. The van der Waals surface area contributed by atoms with Gasteiger partial charge in [0.1, 0.15) is 6.67 Å². The Labute approximate surface area is 78.9 Å². The van der Waals surface area contributed by atoms with Crippen molar-refractivity contribution in [3.8, 4) is 0 Å². The average Bonchev–Trinajstić information content (AvgIpc) is 2.15. The highest BCUT2D eigenvalue weighted by atomic mass is 19.4. The first-order valence-electron chi connectivity index (χ1n) is 3.88. The Bertz CT molecular complexity index is 338. The molecule has 0 saturated heterocycles. The van der Waals surface area contributed by atoms with Crippen molar-refractivity contribution in [1.82, 2.24) is 0 Å². The van der Waals surface area contributed by atoms with Gasteiger partial charge in [0.2, 0.25) is 0 Å². The Kier molecular flexibility index (Phi) is 2.93.